The maximum atomic E-state index is 14.0. The van der Waals surface area contributed by atoms with Crippen molar-refractivity contribution in [3.8, 4) is 0 Å². The average Bonchev–Trinajstić information content (AvgIpc) is 3.18. The maximum absolute atomic E-state index is 14.0. The number of halogens is 1. The summed E-state index contributed by atoms with van der Waals surface area (Å²) in [5, 5.41) is 3.01. The molecule has 0 bridgehead atoms. The minimum Gasteiger partial charge on any atom is -0.356 e. The van der Waals surface area contributed by atoms with Gasteiger partial charge in [-0.2, -0.15) is 0 Å². The third-order valence-corrected chi connectivity index (χ3v) is 5.34. The zero-order valence-corrected chi connectivity index (χ0v) is 16.9. The monoisotopic (exact) mass is 401 g/mol. The minimum absolute atomic E-state index is 0.0669. The first-order valence-corrected chi connectivity index (χ1v) is 10.1. The van der Waals surface area contributed by atoms with Crippen LogP contribution in [0.2, 0.25) is 0 Å². The molecule has 2 aromatic carbocycles. The van der Waals surface area contributed by atoms with Crippen LogP contribution in [0.25, 0.3) is 5.65 Å². The number of hydrogen-bond donors (Lipinski definition) is 1. The molecule has 4 nitrogen and oxygen atoms in total. The molecular weight excluding hydrogens is 377 g/mol. The first kappa shape index (κ1) is 19.8. The van der Waals surface area contributed by atoms with E-state index in [9.17, 15) is 9.18 Å². The fourth-order valence-corrected chi connectivity index (χ4v) is 3.79. The number of benzene rings is 2. The number of nitrogens with zero attached hydrogens (tertiary/aromatic N) is 2. The number of aromatic nitrogens is 2. The van der Waals surface area contributed by atoms with Crippen molar-refractivity contribution in [2.75, 3.05) is 6.54 Å². The number of pyridine rings is 1. The van der Waals surface area contributed by atoms with Gasteiger partial charge in [-0.1, -0.05) is 48.5 Å². The van der Waals surface area contributed by atoms with Gasteiger partial charge < -0.3 is 9.72 Å². The number of fused-ring (bicyclic) bond motifs is 1. The molecular formula is C25H24FN3O. The Kier molecular flexibility index (Phi) is 5.89. The fourth-order valence-electron chi connectivity index (χ4n) is 3.79. The van der Waals surface area contributed by atoms with Gasteiger partial charge in [0.15, 0.2) is 0 Å². The zero-order chi connectivity index (χ0) is 20.9. The number of nitrogens with one attached hydrogen (secondary N) is 1. The molecule has 1 unspecified atom stereocenters. The topological polar surface area (TPSA) is 46.4 Å². The number of carbonyl (C=O) groups excluding carboxylic acids is 1. The van der Waals surface area contributed by atoms with Crippen LogP contribution in [0.15, 0.2) is 79.1 Å². The van der Waals surface area contributed by atoms with E-state index in [2.05, 4.69) is 10.3 Å². The predicted octanol–water partition coefficient (Wildman–Crippen LogP) is 4.66. The van der Waals surface area contributed by atoms with Crippen molar-refractivity contribution >= 4 is 11.6 Å². The summed E-state index contributed by atoms with van der Waals surface area (Å²) < 4.78 is 15.9. The lowest BCUT2D eigenvalue weighted by Crippen LogP contribution is -2.27. The first-order chi connectivity index (χ1) is 14.6. The third-order valence-electron chi connectivity index (χ3n) is 5.34. The van der Waals surface area contributed by atoms with E-state index in [-0.39, 0.29) is 24.1 Å². The molecule has 2 heterocycles. The number of imidazole rings is 1. The van der Waals surface area contributed by atoms with Gasteiger partial charge in [-0.3, -0.25) is 4.79 Å². The summed E-state index contributed by atoms with van der Waals surface area (Å²) in [6.45, 7) is 2.56. The van der Waals surface area contributed by atoms with E-state index >= 15 is 0 Å². The van der Waals surface area contributed by atoms with E-state index in [1.807, 2.05) is 66.1 Å². The first-order valence-electron chi connectivity index (χ1n) is 10.1. The number of hydrogen-bond acceptors (Lipinski definition) is 2. The SMILES string of the molecule is Cc1cccn2c(C(CC(=O)NCCc3ccccc3)c3cccc(F)c3)cnc12. The van der Waals surface area contributed by atoms with Crippen molar-refractivity contribution < 1.29 is 9.18 Å². The zero-order valence-electron chi connectivity index (χ0n) is 16.9. The molecule has 4 rings (SSSR count). The number of carbonyl (C=O) groups is 1. The van der Waals surface area contributed by atoms with Crippen LogP contribution < -0.4 is 5.32 Å². The summed E-state index contributed by atoms with van der Waals surface area (Å²) >= 11 is 0. The molecule has 2 aromatic heterocycles. The molecule has 1 amide bonds. The van der Waals surface area contributed by atoms with Gasteiger partial charge >= 0.3 is 0 Å². The Balaban J connectivity index is 1.56. The molecule has 0 spiro atoms. The molecule has 0 fully saturated rings. The molecule has 0 aliphatic rings. The van der Waals surface area contributed by atoms with Crippen molar-refractivity contribution in [1.29, 1.82) is 0 Å². The highest BCUT2D eigenvalue weighted by Crippen LogP contribution is 2.29. The number of rotatable bonds is 7. The quantitative estimate of drug-likeness (QED) is 0.489. The average molecular weight is 401 g/mol. The molecule has 0 aliphatic heterocycles. The summed E-state index contributed by atoms with van der Waals surface area (Å²) in [5.74, 6) is -0.677. The smallest absolute Gasteiger partial charge is 0.221 e. The second kappa shape index (κ2) is 8.91. The van der Waals surface area contributed by atoms with Crippen LogP contribution in [-0.2, 0) is 11.2 Å². The summed E-state index contributed by atoms with van der Waals surface area (Å²) in [4.78, 5) is 17.3. The molecule has 0 saturated carbocycles. The highest BCUT2D eigenvalue weighted by Gasteiger charge is 2.22. The van der Waals surface area contributed by atoms with Crippen LogP contribution in [0.4, 0.5) is 4.39 Å². The van der Waals surface area contributed by atoms with E-state index in [1.165, 1.54) is 17.7 Å². The summed E-state index contributed by atoms with van der Waals surface area (Å²) in [6, 6.07) is 20.5. The predicted molar refractivity (Wildman–Crippen MR) is 116 cm³/mol. The van der Waals surface area contributed by atoms with Gasteiger partial charge in [0, 0.05) is 31.3 Å². The van der Waals surface area contributed by atoms with Crippen LogP contribution in [0.3, 0.4) is 0 Å². The van der Waals surface area contributed by atoms with Crippen LogP contribution >= 0.6 is 0 Å². The fraction of sp³-hybridized carbons (Fsp3) is 0.200. The largest absolute Gasteiger partial charge is 0.356 e. The van der Waals surface area contributed by atoms with Gasteiger partial charge in [0.1, 0.15) is 11.5 Å². The Hall–Kier alpha value is -3.47. The van der Waals surface area contributed by atoms with Crippen molar-refractivity contribution in [1.82, 2.24) is 14.7 Å². The molecule has 1 atom stereocenters. The molecule has 152 valence electrons. The molecule has 1 N–H and O–H groups in total. The van der Waals surface area contributed by atoms with Crippen molar-refractivity contribution in [2.24, 2.45) is 0 Å². The normalized spacial score (nSPS) is 12.1. The van der Waals surface area contributed by atoms with E-state index in [0.29, 0.717) is 6.54 Å². The molecule has 4 aromatic rings. The Bertz CT molecular complexity index is 1150. The van der Waals surface area contributed by atoms with Crippen molar-refractivity contribution in [2.45, 2.75) is 25.7 Å². The van der Waals surface area contributed by atoms with E-state index in [4.69, 9.17) is 0 Å². The Morgan fingerprint density at radius 2 is 1.93 bits per heavy atom. The van der Waals surface area contributed by atoms with Crippen LogP contribution in [-0.4, -0.2) is 21.8 Å². The van der Waals surface area contributed by atoms with Crippen LogP contribution in [0.5, 0.6) is 0 Å². The summed E-state index contributed by atoms with van der Waals surface area (Å²) in [7, 11) is 0. The third kappa shape index (κ3) is 4.40. The Morgan fingerprint density at radius 1 is 1.10 bits per heavy atom. The summed E-state index contributed by atoms with van der Waals surface area (Å²) in [5.41, 5.74) is 4.71. The number of aryl methyl sites for hydroxylation is 1. The molecule has 5 heteroatoms. The van der Waals surface area contributed by atoms with Gasteiger partial charge in [-0.15, -0.1) is 0 Å². The van der Waals surface area contributed by atoms with Crippen molar-refractivity contribution in [3.05, 3.63) is 107 Å². The second-order valence-corrected chi connectivity index (χ2v) is 7.47. The molecule has 0 saturated heterocycles. The molecule has 0 radical (unpaired) electrons. The van der Waals surface area contributed by atoms with Gasteiger partial charge in [0.05, 0.1) is 5.69 Å². The standard InChI is InChI=1S/C25H24FN3O/c1-18-7-6-14-29-23(17-28-25(18)29)22(20-10-5-11-21(26)15-20)16-24(30)27-13-12-19-8-3-2-4-9-19/h2-11,14-15,17,22H,12-13,16H2,1H3,(H,27,30). The van der Waals surface area contributed by atoms with Crippen LogP contribution in [0, 0.1) is 12.7 Å². The van der Waals surface area contributed by atoms with Gasteiger partial charge in [-0.25, -0.2) is 9.37 Å². The second-order valence-electron chi connectivity index (χ2n) is 7.47. The molecule has 30 heavy (non-hydrogen) atoms. The summed E-state index contributed by atoms with van der Waals surface area (Å²) in [6.07, 6.45) is 4.71. The van der Waals surface area contributed by atoms with E-state index < -0.39 is 0 Å². The van der Waals surface area contributed by atoms with E-state index in [1.54, 1.807) is 12.3 Å². The lowest BCUT2D eigenvalue weighted by molar-refractivity contribution is -0.121. The maximum Gasteiger partial charge on any atom is 0.221 e. The number of amides is 1. The highest BCUT2D eigenvalue weighted by atomic mass is 19.1. The lowest BCUT2D eigenvalue weighted by Gasteiger charge is -2.18. The van der Waals surface area contributed by atoms with Gasteiger partial charge in [0.2, 0.25) is 5.91 Å². The van der Waals surface area contributed by atoms with Gasteiger partial charge in [0.25, 0.3) is 0 Å². The van der Waals surface area contributed by atoms with E-state index in [0.717, 1.165) is 28.9 Å². The lowest BCUT2D eigenvalue weighted by atomic mass is 9.92. The molecule has 0 aliphatic carbocycles. The van der Waals surface area contributed by atoms with Crippen molar-refractivity contribution in [3.63, 3.8) is 0 Å². The van der Waals surface area contributed by atoms with Gasteiger partial charge in [-0.05, 0) is 48.2 Å². The Labute approximate surface area is 175 Å². The van der Waals surface area contributed by atoms with Crippen LogP contribution in [0.1, 0.15) is 34.7 Å². The minimum atomic E-state index is -0.313. The highest BCUT2D eigenvalue weighted by molar-refractivity contribution is 5.77. The Morgan fingerprint density at radius 3 is 2.73 bits per heavy atom.